The Morgan fingerprint density at radius 2 is 1.61 bits per heavy atom. The molecule has 2 rings (SSSR count). The maximum Gasteiger partial charge on any atom is 0.496 e. The molecule has 1 aliphatic rings. The summed E-state index contributed by atoms with van der Waals surface area (Å²) >= 11 is 6.24. The largest absolute Gasteiger partial charge is 0.508 e. The van der Waals surface area contributed by atoms with E-state index in [0.717, 1.165) is 5.46 Å². The van der Waals surface area contributed by atoms with Crippen LogP contribution in [0.1, 0.15) is 33.3 Å². The van der Waals surface area contributed by atoms with Gasteiger partial charge in [0.2, 0.25) is 0 Å². The third-order valence-electron chi connectivity index (χ3n) is 3.89. The summed E-state index contributed by atoms with van der Waals surface area (Å²) in [5.74, 6) is 0.181. The summed E-state index contributed by atoms with van der Waals surface area (Å²) < 4.78 is 11.9. The molecule has 1 N–H and O–H groups in total. The minimum absolute atomic E-state index is 0.181. The lowest BCUT2D eigenvalue weighted by molar-refractivity contribution is 0.00578. The van der Waals surface area contributed by atoms with Gasteiger partial charge in [0.1, 0.15) is 5.75 Å². The average Bonchev–Trinajstić information content (AvgIpc) is 2.45. The van der Waals surface area contributed by atoms with Gasteiger partial charge >= 0.3 is 7.12 Å². The fourth-order valence-corrected chi connectivity index (χ4v) is 2.10. The van der Waals surface area contributed by atoms with E-state index in [4.69, 9.17) is 20.9 Å². The first-order valence-corrected chi connectivity index (χ1v) is 6.37. The Kier molecular flexibility index (Phi) is 3.17. The van der Waals surface area contributed by atoms with Crippen LogP contribution in [0.2, 0.25) is 5.02 Å². The third-order valence-corrected chi connectivity index (χ3v) is 4.40. The number of benzene rings is 1. The van der Waals surface area contributed by atoms with Gasteiger partial charge < -0.3 is 14.4 Å². The van der Waals surface area contributed by atoms with Crippen molar-refractivity contribution >= 4 is 24.2 Å². The van der Waals surface area contributed by atoms with Gasteiger partial charge in [0, 0.05) is 16.0 Å². The number of halogens is 1. The summed E-state index contributed by atoms with van der Waals surface area (Å²) in [5.41, 5.74) is 0.606. The summed E-state index contributed by atoms with van der Waals surface area (Å²) in [6.45, 7) is 9.75. The van der Waals surface area contributed by atoms with Crippen molar-refractivity contribution in [3.63, 3.8) is 0 Å². The summed E-state index contributed by atoms with van der Waals surface area (Å²) in [4.78, 5) is 0. The fraction of sp³-hybridized carbons (Fsp3) is 0.538. The maximum absolute atomic E-state index is 9.61. The van der Waals surface area contributed by atoms with Crippen LogP contribution in [0, 0.1) is 6.92 Å². The number of phenols is 1. The Labute approximate surface area is 113 Å². The second-order valence-electron chi connectivity index (χ2n) is 5.70. The Bertz CT molecular complexity index is 469. The standard InChI is InChI=1S/C13H18BClO3/c1-8-10(16)7-6-9(11(8)15)14-17-12(2,3)13(4,5)18-14/h6-7,16H,1-5H3. The highest BCUT2D eigenvalue weighted by molar-refractivity contribution is 6.65. The highest BCUT2D eigenvalue weighted by atomic mass is 35.5. The van der Waals surface area contributed by atoms with E-state index in [2.05, 4.69) is 0 Å². The van der Waals surface area contributed by atoms with Crippen LogP contribution in [-0.4, -0.2) is 23.4 Å². The van der Waals surface area contributed by atoms with Crippen LogP contribution in [0.25, 0.3) is 0 Å². The zero-order chi connectivity index (χ0) is 13.7. The molecule has 0 aromatic heterocycles. The van der Waals surface area contributed by atoms with Gasteiger partial charge in [0.15, 0.2) is 0 Å². The molecule has 3 nitrogen and oxygen atoms in total. The van der Waals surface area contributed by atoms with Crippen LogP contribution in [0.15, 0.2) is 12.1 Å². The molecule has 18 heavy (non-hydrogen) atoms. The first kappa shape index (κ1) is 13.7. The minimum Gasteiger partial charge on any atom is -0.508 e. The van der Waals surface area contributed by atoms with Gasteiger partial charge in [-0.2, -0.15) is 0 Å². The SMILES string of the molecule is Cc1c(O)ccc(B2OC(C)(C)C(C)(C)O2)c1Cl. The molecule has 0 aliphatic carbocycles. The Balaban J connectivity index is 2.39. The number of hydrogen-bond donors (Lipinski definition) is 1. The van der Waals surface area contributed by atoms with E-state index in [1.165, 1.54) is 0 Å². The van der Waals surface area contributed by atoms with Crippen molar-refractivity contribution < 1.29 is 14.4 Å². The molecule has 1 saturated heterocycles. The molecule has 1 heterocycles. The van der Waals surface area contributed by atoms with Crippen molar-refractivity contribution in [2.45, 2.75) is 45.8 Å². The summed E-state index contributed by atoms with van der Waals surface area (Å²) in [7, 11) is -0.498. The van der Waals surface area contributed by atoms with E-state index in [-0.39, 0.29) is 5.75 Å². The Morgan fingerprint density at radius 3 is 2.11 bits per heavy atom. The van der Waals surface area contributed by atoms with Crippen LogP contribution in [0.5, 0.6) is 5.75 Å². The quantitative estimate of drug-likeness (QED) is 0.796. The van der Waals surface area contributed by atoms with Crippen LogP contribution in [-0.2, 0) is 9.31 Å². The van der Waals surface area contributed by atoms with Gasteiger partial charge in [-0.05, 0) is 40.7 Å². The zero-order valence-corrected chi connectivity index (χ0v) is 12.1. The molecule has 1 aliphatic heterocycles. The van der Waals surface area contributed by atoms with E-state index in [1.807, 2.05) is 27.7 Å². The predicted octanol–water partition coefficient (Wildman–Crippen LogP) is 2.65. The summed E-state index contributed by atoms with van der Waals surface area (Å²) in [6.07, 6.45) is 0. The highest BCUT2D eigenvalue weighted by Crippen LogP contribution is 2.37. The Morgan fingerprint density at radius 1 is 1.11 bits per heavy atom. The lowest BCUT2D eigenvalue weighted by atomic mass is 9.78. The molecule has 98 valence electrons. The van der Waals surface area contributed by atoms with Crippen molar-refractivity contribution in [1.29, 1.82) is 0 Å². The molecule has 1 aromatic carbocycles. The smallest absolute Gasteiger partial charge is 0.496 e. The predicted molar refractivity (Wildman–Crippen MR) is 73.6 cm³/mol. The zero-order valence-electron chi connectivity index (χ0n) is 11.4. The van der Waals surface area contributed by atoms with Crippen LogP contribution >= 0.6 is 11.6 Å². The molecule has 0 saturated carbocycles. The molecule has 1 fully saturated rings. The first-order chi connectivity index (χ1) is 8.16. The first-order valence-electron chi connectivity index (χ1n) is 5.99. The van der Waals surface area contributed by atoms with Gasteiger partial charge in [-0.25, -0.2) is 0 Å². The van der Waals surface area contributed by atoms with Gasteiger partial charge in [-0.3, -0.25) is 0 Å². The molecular weight excluding hydrogens is 250 g/mol. The number of aromatic hydroxyl groups is 1. The van der Waals surface area contributed by atoms with Crippen molar-refractivity contribution in [3.8, 4) is 5.75 Å². The third kappa shape index (κ3) is 2.02. The maximum atomic E-state index is 9.61. The van der Waals surface area contributed by atoms with Gasteiger partial charge in [-0.15, -0.1) is 0 Å². The fourth-order valence-electron chi connectivity index (χ4n) is 1.85. The van der Waals surface area contributed by atoms with Crippen LogP contribution in [0.3, 0.4) is 0 Å². The number of rotatable bonds is 1. The molecule has 0 unspecified atom stereocenters. The summed E-state index contributed by atoms with van der Waals surface area (Å²) in [6, 6.07) is 3.36. The van der Waals surface area contributed by atoms with Gasteiger partial charge in [-0.1, -0.05) is 17.7 Å². The minimum atomic E-state index is -0.498. The molecule has 0 spiro atoms. The molecule has 0 atom stereocenters. The highest BCUT2D eigenvalue weighted by Gasteiger charge is 2.52. The number of phenolic OH excluding ortho intramolecular Hbond substituents is 1. The van der Waals surface area contributed by atoms with Crippen molar-refractivity contribution in [2.75, 3.05) is 0 Å². The molecule has 0 bridgehead atoms. The second kappa shape index (κ2) is 4.15. The average molecular weight is 269 g/mol. The molecular formula is C13H18BClO3. The van der Waals surface area contributed by atoms with Gasteiger partial charge in [0.05, 0.1) is 11.2 Å². The monoisotopic (exact) mass is 268 g/mol. The van der Waals surface area contributed by atoms with Crippen LogP contribution < -0.4 is 5.46 Å². The van der Waals surface area contributed by atoms with E-state index < -0.39 is 18.3 Å². The lowest BCUT2D eigenvalue weighted by Gasteiger charge is -2.32. The molecule has 1 aromatic rings. The lowest BCUT2D eigenvalue weighted by Crippen LogP contribution is -2.41. The number of hydrogen-bond acceptors (Lipinski definition) is 3. The van der Waals surface area contributed by atoms with Crippen LogP contribution in [0.4, 0.5) is 0 Å². The summed E-state index contributed by atoms with van der Waals surface area (Å²) in [5, 5.41) is 10.1. The van der Waals surface area contributed by atoms with Crippen molar-refractivity contribution in [2.24, 2.45) is 0 Å². The normalized spacial score (nSPS) is 21.3. The topological polar surface area (TPSA) is 38.7 Å². The van der Waals surface area contributed by atoms with E-state index in [9.17, 15) is 5.11 Å². The van der Waals surface area contributed by atoms with E-state index in [1.54, 1.807) is 19.1 Å². The molecule has 0 radical (unpaired) electrons. The van der Waals surface area contributed by atoms with Crippen molar-refractivity contribution in [1.82, 2.24) is 0 Å². The molecule has 5 heteroatoms. The molecule has 0 amide bonds. The Hall–Kier alpha value is -0.705. The van der Waals surface area contributed by atoms with Gasteiger partial charge in [0.25, 0.3) is 0 Å². The van der Waals surface area contributed by atoms with E-state index in [0.29, 0.717) is 10.6 Å². The van der Waals surface area contributed by atoms with E-state index >= 15 is 0 Å². The van der Waals surface area contributed by atoms with Crippen molar-refractivity contribution in [3.05, 3.63) is 22.7 Å². The second-order valence-corrected chi connectivity index (χ2v) is 6.08.